The summed E-state index contributed by atoms with van der Waals surface area (Å²) in [6.07, 6.45) is 0. The van der Waals surface area contributed by atoms with E-state index < -0.39 is 27.7 Å². The Morgan fingerprint density at radius 2 is 1.86 bits per heavy atom. The molecule has 0 saturated carbocycles. The van der Waals surface area contributed by atoms with Gasteiger partial charge < -0.3 is 9.30 Å². The standard InChI is InChI=1S/C24H19BrFN3O5S2/c1-2-34-22(30)14-29-20-11-6-16(25)13-21(20)35-24(29)27-23(31)15-4-3-5-18(12-15)28-36(32,33)19-9-7-17(26)8-10-19/h3-13,28H,2,14H2,1H3. The predicted molar refractivity (Wildman–Crippen MR) is 138 cm³/mol. The number of nitrogens with one attached hydrogen (secondary N) is 1. The normalized spacial score (nSPS) is 12.0. The summed E-state index contributed by atoms with van der Waals surface area (Å²) >= 11 is 4.64. The van der Waals surface area contributed by atoms with Crippen LogP contribution in [0.15, 0.2) is 81.1 Å². The summed E-state index contributed by atoms with van der Waals surface area (Å²) in [6, 6.07) is 15.7. The summed E-state index contributed by atoms with van der Waals surface area (Å²) in [5.41, 5.74) is 0.985. The van der Waals surface area contributed by atoms with E-state index in [0.29, 0.717) is 10.3 Å². The van der Waals surface area contributed by atoms with Crippen molar-refractivity contribution >= 4 is 65.1 Å². The van der Waals surface area contributed by atoms with Crippen LogP contribution in [0.1, 0.15) is 17.3 Å². The second-order valence-electron chi connectivity index (χ2n) is 7.45. The molecular weight excluding hydrogens is 573 g/mol. The number of carbonyl (C=O) groups is 2. The summed E-state index contributed by atoms with van der Waals surface area (Å²) in [5.74, 6) is -1.65. The third-order valence-corrected chi connectivity index (χ3v) is 7.85. The maximum Gasteiger partial charge on any atom is 0.326 e. The Morgan fingerprint density at radius 1 is 1.11 bits per heavy atom. The Hall–Kier alpha value is -3.35. The average Bonchev–Trinajstić information content (AvgIpc) is 3.15. The maximum atomic E-state index is 13.2. The SMILES string of the molecule is CCOC(=O)Cn1c(=NC(=O)c2cccc(NS(=O)(=O)c3ccc(F)cc3)c2)sc2cc(Br)ccc21. The van der Waals surface area contributed by atoms with E-state index in [9.17, 15) is 22.4 Å². The van der Waals surface area contributed by atoms with Gasteiger partial charge >= 0.3 is 5.97 Å². The van der Waals surface area contributed by atoms with Crippen LogP contribution in [0, 0.1) is 5.82 Å². The molecule has 4 aromatic rings. The number of sulfonamides is 1. The van der Waals surface area contributed by atoms with Gasteiger partial charge in [-0.15, -0.1) is 0 Å². The first kappa shape index (κ1) is 25.7. The molecule has 0 bridgehead atoms. The number of amides is 1. The van der Waals surface area contributed by atoms with Crippen molar-refractivity contribution in [1.82, 2.24) is 4.57 Å². The average molecular weight is 592 g/mol. The van der Waals surface area contributed by atoms with Crippen molar-refractivity contribution in [3.8, 4) is 0 Å². The number of hydrogen-bond acceptors (Lipinski definition) is 6. The number of esters is 1. The molecule has 1 amide bonds. The number of carbonyl (C=O) groups excluding carboxylic acids is 2. The molecule has 186 valence electrons. The number of aromatic nitrogens is 1. The Bertz CT molecular complexity index is 1630. The largest absolute Gasteiger partial charge is 0.465 e. The molecule has 1 N–H and O–H groups in total. The van der Waals surface area contributed by atoms with Crippen molar-refractivity contribution in [2.75, 3.05) is 11.3 Å². The second kappa shape index (κ2) is 10.7. The summed E-state index contributed by atoms with van der Waals surface area (Å²) in [5, 5.41) is 0. The van der Waals surface area contributed by atoms with Gasteiger partial charge in [0.15, 0.2) is 4.80 Å². The number of ether oxygens (including phenoxy) is 1. The van der Waals surface area contributed by atoms with Gasteiger partial charge in [-0.2, -0.15) is 4.99 Å². The van der Waals surface area contributed by atoms with Gasteiger partial charge in [0.1, 0.15) is 12.4 Å². The van der Waals surface area contributed by atoms with Crippen molar-refractivity contribution in [3.63, 3.8) is 0 Å². The molecule has 0 unspecified atom stereocenters. The van der Waals surface area contributed by atoms with Crippen LogP contribution in [-0.2, 0) is 26.1 Å². The van der Waals surface area contributed by atoms with Gasteiger partial charge in [-0.25, -0.2) is 12.8 Å². The lowest BCUT2D eigenvalue weighted by Crippen LogP contribution is -2.23. The van der Waals surface area contributed by atoms with Gasteiger partial charge in [0.25, 0.3) is 15.9 Å². The van der Waals surface area contributed by atoms with Gasteiger partial charge in [-0.1, -0.05) is 33.3 Å². The zero-order valence-electron chi connectivity index (χ0n) is 18.8. The van der Waals surface area contributed by atoms with Gasteiger partial charge in [0, 0.05) is 15.7 Å². The van der Waals surface area contributed by atoms with Gasteiger partial charge in [0.2, 0.25) is 0 Å². The summed E-state index contributed by atoms with van der Waals surface area (Å²) < 4.78 is 49.1. The Morgan fingerprint density at radius 3 is 2.58 bits per heavy atom. The minimum Gasteiger partial charge on any atom is -0.465 e. The molecule has 36 heavy (non-hydrogen) atoms. The van der Waals surface area contributed by atoms with Crippen molar-refractivity contribution in [2.24, 2.45) is 4.99 Å². The molecule has 8 nitrogen and oxygen atoms in total. The zero-order chi connectivity index (χ0) is 25.9. The Labute approximate surface area is 218 Å². The number of hydrogen-bond donors (Lipinski definition) is 1. The monoisotopic (exact) mass is 591 g/mol. The first-order chi connectivity index (χ1) is 17.2. The van der Waals surface area contributed by atoms with Crippen molar-refractivity contribution in [1.29, 1.82) is 0 Å². The fraction of sp³-hybridized carbons (Fsp3) is 0.125. The number of fused-ring (bicyclic) bond motifs is 1. The molecule has 4 rings (SSSR count). The number of halogens is 2. The molecule has 0 aliphatic heterocycles. The highest BCUT2D eigenvalue weighted by atomic mass is 79.9. The lowest BCUT2D eigenvalue weighted by Gasteiger charge is -2.09. The molecule has 1 heterocycles. The predicted octanol–water partition coefficient (Wildman–Crippen LogP) is 4.71. The first-order valence-corrected chi connectivity index (χ1v) is 13.7. The van der Waals surface area contributed by atoms with Crippen LogP contribution in [-0.4, -0.2) is 31.5 Å². The fourth-order valence-electron chi connectivity index (χ4n) is 3.32. The van der Waals surface area contributed by atoms with E-state index in [0.717, 1.165) is 33.4 Å². The number of benzene rings is 3. The van der Waals surface area contributed by atoms with Crippen molar-refractivity contribution in [3.05, 3.63) is 87.4 Å². The minimum absolute atomic E-state index is 0.123. The van der Waals surface area contributed by atoms with Gasteiger partial charge in [0.05, 0.1) is 21.7 Å². The van der Waals surface area contributed by atoms with Crippen LogP contribution in [0.4, 0.5) is 10.1 Å². The highest BCUT2D eigenvalue weighted by molar-refractivity contribution is 9.10. The smallest absolute Gasteiger partial charge is 0.326 e. The highest BCUT2D eigenvalue weighted by Gasteiger charge is 2.16. The lowest BCUT2D eigenvalue weighted by atomic mass is 10.2. The molecule has 0 spiro atoms. The van der Waals surface area contributed by atoms with E-state index in [4.69, 9.17) is 4.74 Å². The molecule has 0 saturated heterocycles. The van der Waals surface area contributed by atoms with Crippen LogP contribution >= 0.6 is 27.3 Å². The number of thiazole rings is 1. The van der Waals surface area contributed by atoms with Crippen LogP contribution in [0.2, 0.25) is 0 Å². The van der Waals surface area contributed by atoms with Gasteiger partial charge in [-0.05, 0) is 67.6 Å². The molecule has 0 fully saturated rings. The number of nitrogens with zero attached hydrogens (tertiary/aromatic N) is 2. The first-order valence-electron chi connectivity index (χ1n) is 10.6. The lowest BCUT2D eigenvalue weighted by molar-refractivity contribution is -0.143. The maximum absolute atomic E-state index is 13.2. The highest BCUT2D eigenvalue weighted by Crippen LogP contribution is 2.23. The fourth-order valence-corrected chi connectivity index (χ4v) is 5.95. The molecule has 0 radical (unpaired) electrons. The Kier molecular flexibility index (Phi) is 7.67. The van der Waals surface area contributed by atoms with Crippen molar-refractivity contribution < 1.29 is 27.1 Å². The van der Waals surface area contributed by atoms with Crippen molar-refractivity contribution in [2.45, 2.75) is 18.4 Å². The van der Waals surface area contributed by atoms with E-state index >= 15 is 0 Å². The molecule has 0 atom stereocenters. The van der Waals surface area contributed by atoms with E-state index in [-0.39, 0.29) is 29.3 Å². The van der Waals surface area contributed by atoms with E-state index in [2.05, 4.69) is 25.6 Å². The second-order valence-corrected chi connectivity index (χ2v) is 11.1. The van der Waals surface area contributed by atoms with Crippen LogP contribution in [0.25, 0.3) is 10.2 Å². The molecule has 0 aliphatic carbocycles. The third kappa shape index (κ3) is 5.89. The number of rotatable bonds is 7. The van der Waals surface area contributed by atoms with Crippen LogP contribution in [0.5, 0.6) is 0 Å². The van der Waals surface area contributed by atoms with E-state index in [1.54, 1.807) is 11.5 Å². The minimum atomic E-state index is -4.00. The zero-order valence-corrected chi connectivity index (χ0v) is 22.0. The van der Waals surface area contributed by atoms with Crippen LogP contribution in [0.3, 0.4) is 0 Å². The third-order valence-electron chi connectivity index (χ3n) is 4.92. The van der Waals surface area contributed by atoms with Crippen LogP contribution < -0.4 is 9.52 Å². The van der Waals surface area contributed by atoms with Gasteiger partial charge in [-0.3, -0.25) is 14.3 Å². The molecule has 3 aromatic carbocycles. The molecule has 12 heteroatoms. The quantitative estimate of drug-likeness (QED) is 0.313. The van der Waals surface area contributed by atoms with E-state index in [1.807, 2.05) is 18.2 Å². The van der Waals surface area contributed by atoms with E-state index in [1.165, 1.54) is 35.6 Å². The Balaban J connectivity index is 1.68. The topological polar surface area (TPSA) is 107 Å². The summed E-state index contributed by atoms with van der Waals surface area (Å²) in [7, 11) is -4.00. The molecular formula is C24H19BrFN3O5S2. The molecule has 0 aliphatic rings. The summed E-state index contributed by atoms with van der Waals surface area (Å²) in [6.45, 7) is 1.80. The summed E-state index contributed by atoms with van der Waals surface area (Å²) in [4.78, 5) is 29.6. The number of anilines is 1. The molecule has 1 aromatic heterocycles.